The van der Waals surface area contributed by atoms with E-state index in [0.29, 0.717) is 17.7 Å². The second-order valence-electron chi connectivity index (χ2n) is 7.43. The molecule has 0 saturated heterocycles. The van der Waals surface area contributed by atoms with E-state index in [1.165, 1.54) is 24.3 Å². The van der Waals surface area contributed by atoms with Crippen molar-refractivity contribution in [2.24, 2.45) is 0 Å². The van der Waals surface area contributed by atoms with Crippen LogP contribution in [0, 0.1) is 0 Å². The van der Waals surface area contributed by atoms with Crippen molar-refractivity contribution in [3.05, 3.63) is 75.8 Å². The van der Waals surface area contributed by atoms with E-state index in [0.717, 1.165) is 31.1 Å². The molecule has 1 saturated carbocycles. The number of hydrogen-bond donors (Lipinski definition) is 2. The Balaban J connectivity index is 1.73. The predicted octanol–water partition coefficient (Wildman–Crippen LogP) is 5.68. The molecule has 1 unspecified atom stereocenters. The maximum absolute atomic E-state index is 13.5. The van der Waals surface area contributed by atoms with Crippen LogP contribution in [-0.2, 0) is 11.0 Å². The molecule has 0 radical (unpaired) electrons. The van der Waals surface area contributed by atoms with Gasteiger partial charge in [0.1, 0.15) is 0 Å². The molecule has 1 aliphatic carbocycles. The van der Waals surface area contributed by atoms with E-state index in [1.807, 2.05) is 0 Å². The lowest BCUT2D eigenvalue weighted by molar-refractivity contribution is -0.162. The molecular formula is C22H17ClF6N2O2. The summed E-state index contributed by atoms with van der Waals surface area (Å²) in [6.07, 6.45) is -6.13. The van der Waals surface area contributed by atoms with Crippen LogP contribution in [0.1, 0.15) is 45.9 Å². The Labute approximate surface area is 189 Å². The molecule has 1 atom stereocenters. The Morgan fingerprint density at radius 2 is 1.73 bits per heavy atom. The largest absolute Gasteiger partial charge is 0.416 e. The number of carbonyl (C=O) groups is 2. The van der Waals surface area contributed by atoms with E-state index >= 15 is 0 Å². The van der Waals surface area contributed by atoms with Crippen LogP contribution in [0.4, 0.5) is 26.3 Å². The van der Waals surface area contributed by atoms with Crippen LogP contribution in [0.2, 0.25) is 5.02 Å². The average molecular weight is 491 g/mol. The van der Waals surface area contributed by atoms with Gasteiger partial charge < -0.3 is 10.6 Å². The molecular weight excluding hydrogens is 474 g/mol. The van der Waals surface area contributed by atoms with Crippen LogP contribution >= 0.6 is 11.6 Å². The van der Waals surface area contributed by atoms with E-state index in [1.54, 1.807) is 5.32 Å². The number of nitrogens with one attached hydrogen (secondary N) is 2. The predicted molar refractivity (Wildman–Crippen MR) is 109 cm³/mol. The van der Waals surface area contributed by atoms with Gasteiger partial charge in [0.15, 0.2) is 6.04 Å². The standard InChI is InChI=1S/C22H17ClF6N2O2/c23-17-10-12(4-8-16(17)20(33)30-15-6-7-15)5-9-18(32)31-19(22(27,28)29)13-2-1-3-14(11-13)21(24,25)26/h1-5,8-11,15,19H,6-7H2,(H,30,33)(H,31,32). The van der Waals surface area contributed by atoms with Gasteiger partial charge in [-0.2, -0.15) is 26.3 Å². The van der Waals surface area contributed by atoms with Crippen molar-refractivity contribution in [1.82, 2.24) is 10.6 Å². The van der Waals surface area contributed by atoms with Gasteiger partial charge in [-0.25, -0.2) is 0 Å². The second-order valence-corrected chi connectivity index (χ2v) is 7.83. The first-order valence-corrected chi connectivity index (χ1v) is 10.1. The molecule has 2 aromatic rings. The number of amides is 2. The molecule has 0 aliphatic heterocycles. The lowest BCUT2D eigenvalue weighted by atomic mass is 10.0. The van der Waals surface area contributed by atoms with Gasteiger partial charge in [-0.3, -0.25) is 9.59 Å². The Morgan fingerprint density at radius 1 is 1.03 bits per heavy atom. The smallest absolute Gasteiger partial charge is 0.349 e. The summed E-state index contributed by atoms with van der Waals surface area (Å²) in [5, 5.41) is 4.53. The van der Waals surface area contributed by atoms with Gasteiger partial charge >= 0.3 is 12.4 Å². The highest BCUT2D eigenvalue weighted by molar-refractivity contribution is 6.34. The fraction of sp³-hybridized carbons (Fsp3) is 0.273. The zero-order valence-electron chi connectivity index (χ0n) is 16.7. The highest BCUT2D eigenvalue weighted by atomic mass is 35.5. The lowest BCUT2D eigenvalue weighted by Crippen LogP contribution is -2.37. The van der Waals surface area contributed by atoms with Crippen LogP contribution < -0.4 is 10.6 Å². The molecule has 176 valence electrons. The van der Waals surface area contributed by atoms with E-state index in [-0.39, 0.29) is 22.5 Å². The minimum atomic E-state index is -5.03. The lowest BCUT2D eigenvalue weighted by Gasteiger charge is -2.22. The third-order valence-corrected chi connectivity index (χ3v) is 5.05. The van der Waals surface area contributed by atoms with Crippen molar-refractivity contribution in [3.8, 4) is 0 Å². The van der Waals surface area contributed by atoms with Gasteiger partial charge in [-0.1, -0.05) is 29.8 Å². The zero-order valence-corrected chi connectivity index (χ0v) is 17.5. The number of carbonyl (C=O) groups excluding carboxylic acids is 2. The Kier molecular flexibility index (Phi) is 7.06. The van der Waals surface area contributed by atoms with E-state index in [9.17, 15) is 35.9 Å². The third kappa shape index (κ3) is 6.74. The van der Waals surface area contributed by atoms with Gasteiger partial charge in [-0.05, 0) is 54.3 Å². The molecule has 1 fully saturated rings. The SMILES string of the molecule is O=C(C=Cc1ccc(C(=O)NC2CC2)c(Cl)c1)NC(c1cccc(C(F)(F)F)c1)C(F)(F)F. The first-order chi connectivity index (χ1) is 15.3. The number of hydrogen-bond acceptors (Lipinski definition) is 2. The summed E-state index contributed by atoms with van der Waals surface area (Å²) in [5.74, 6) is -1.54. The summed E-state index contributed by atoms with van der Waals surface area (Å²) in [6.45, 7) is 0. The van der Waals surface area contributed by atoms with E-state index < -0.39 is 35.4 Å². The van der Waals surface area contributed by atoms with Crippen molar-refractivity contribution in [2.45, 2.75) is 37.3 Å². The maximum Gasteiger partial charge on any atom is 0.416 e. The second kappa shape index (κ2) is 9.46. The quantitative estimate of drug-likeness (QED) is 0.404. The van der Waals surface area contributed by atoms with Gasteiger partial charge in [0.05, 0.1) is 16.1 Å². The molecule has 3 rings (SSSR count). The Bertz CT molecular complexity index is 1080. The summed E-state index contributed by atoms with van der Waals surface area (Å²) in [4.78, 5) is 24.2. The molecule has 2 aromatic carbocycles. The van der Waals surface area contributed by atoms with E-state index in [4.69, 9.17) is 11.6 Å². The molecule has 0 heterocycles. The highest BCUT2D eigenvalue weighted by Gasteiger charge is 2.42. The summed E-state index contributed by atoms with van der Waals surface area (Å²) in [7, 11) is 0. The van der Waals surface area contributed by atoms with Gasteiger partial charge in [0.2, 0.25) is 5.91 Å². The number of rotatable bonds is 6. The van der Waals surface area contributed by atoms with Crippen LogP contribution in [0.25, 0.3) is 6.08 Å². The average Bonchev–Trinajstić information content (AvgIpc) is 3.53. The number of halogens is 7. The highest BCUT2D eigenvalue weighted by Crippen LogP contribution is 2.36. The summed E-state index contributed by atoms with van der Waals surface area (Å²) >= 11 is 6.08. The molecule has 0 aromatic heterocycles. The zero-order chi connectivity index (χ0) is 24.4. The van der Waals surface area contributed by atoms with Crippen molar-refractivity contribution in [1.29, 1.82) is 0 Å². The minimum Gasteiger partial charge on any atom is -0.349 e. The van der Waals surface area contributed by atoms with Crippen molar-refractivity contribution in [3.63, 3.8) is 0 Å². The molecule has 0 bridgehead atoms. The van der Waals surface area contributed by atoms with Crippen LogP contribution in [0.5, 0.6) is 0 Å². The van der Waals surface area contributed by atoms with E-state index in [2.05, 4.69) is 5.32 Å². The fourth-order valence-electron chi connectivity index (χ4n) is 2.92. The van der Waals surface area contributed by atoms with Crippen molar-refractivity contribution < 1.29 is 35.9 Å². The molecule has 33 heavy (non-hydrogen) atoms. The van der Waals surface area contributed by atoms with Gasteiger partial charge in [0.25, 0.3) is 5.91 Å². The summed E-state index contributed by atoms with van der Waals surface area (Å²) in [6, 6.07) is 4.37. The molecule has 2 N–H and O–H groups in total. The van der Waals surface area contributed by atoms with Crippen LogP contribution in [0.15, 0.2) is 48.5 Å². The fourth-order valence-corrected chi connectivity index (χ4v) is 3.20. The van der Waals surface area contributed by atoms with Gasteiger partial charge in [0, 0.05) is 12.1 Å². The summed E-state index contributed by atoms with van der Waals surface area (Å²) < 4.78 is 78.9. The van der Waals surface area contributed by atoms with Crippen molar-refractivity contribution in [2.75, 3.05) is 0 Å². The van der Waals surface area contributed by atoms with Crippen LogP contribution in [0.3, 0.4) is 0 Å². The third-order valence-electron chi connectivity index (χ3n) is 4.74. The number of benzene rings is 2. The summed E-state index contributed by atoms with van der Waals surface area (Å²) in [5.41, 5.74) is -1.47. The Hall–Kier alpha value is -3.01. The van der Waals surface area contributed by atoms with Crippen molar-refractivity contribution >= 4 is 29.5 Å². The van der Waals surface area contributed by atoms with Gasteiger partial charge in [-0.15, -0.1) is 0 Å². The Morgan fingerprint density at radius 3 is 2.30 bits per heavy atom. The molecule has 1 aliphatic rings. The topological polar surface area (TPSA) is 58.2 Å². The monoisotopic (exact) mass is 490 g/mol. The molecule has 2 amide bonds. The minimum absolute atomic E-state index is 0.0906. The maximum atomic E-state index is 13.5. The molecule has 0 spiro atoms. The van der Waals surface area contributed by atoms with Crippen LogP contribution in [-0.4, -0.2) is 24.0 Å². The molecule has 11 heteroatoms. The first-order valence-electron chi connectivity index (χ1n) is 9.67. The number of alkyl halides is 6. The molecule has 4 nitrogen and oxygen atoms in total. The first kappa shape index (κ1) is 24.6. The normalized spacial score (nSPS) is 15.4.